The third kappa shape index (κ3) is 3.45. The van der Waals surface area contributed by atoms with Gasteiger partial charge in [-0.05, 0) is 31.2 Å². The van der Waals surface area contributed by atoms with Crippen LogP contribution in [-0.4, -0.2) is 6.61 Å². The second-order valence-corrected chi connectivity index (χ2v) is 5.09. The van der Waals surface area contributed by atoms with Crippen LogP contribution in [0.15, 0.2) is 57.7 Å². The summed E-state index contributed by atoms with van der Waals surface area (Å²) in [5, 5.41) is -0.0256. The Balaban J connectivity index is 2.22. The number of halogens is 3. The van der Waals surface area contributed by atoms with E-state index in [1.807, 2.05) is 0 Å². The fraction of sp³-hybridized carbons (Fsp3) is 0.167. The van der Waals surface area contributed by atoms with E-state index < -0.39 is 23.1 Å². The average Bonchev–Trinajstić information content (AvgIpc) is 2.57. The summed E-state index contributed by atoms with van der Waals surface area (Å²) in [6.07, 6.45) is -4.89. The molecule has 0 amide bonds. The van der Waals surface area contributed by atoms with E-state index in [-0.39, 0.29) is 16.7 Å². The minimum Gasteiger partial charge on any atom is -0.494 e. The van der Waals surface area contributed by atoms with Gasteiger partial charge in [0, 0.05) is 6.07 Å². The van der Waals surface area contributed by atoms with Crippen LogP contribution in [0.4, 0.5) is 13.2 Å². The van der Waals surface area contributed by atoms with Gasteiger partial charge in [0.1, 0.15) is 17.1 Å². The molecular weight excluding hydrogens is 337 g/mol. The van der Waals surface area contributed by atoms with E-state index in [0.717, 1.165) is 0 Å². The Labute approximate surface area is 140 Å². The van der Waals surface area contributed by atoms with Gasteiger partial charge >= 0.3 is 6.18 Å². The Hall–Kier alpha value is -2.96. The molecule has 25 heavy (non-hydrogen) atoms. The van der Waals surface area contributed by atoms with Crippen LogP contribution in [0.3, 0.4) is 0 Å². The highest BCUT2D eigenvalue weighted by molar-refractivity contribution is 5.79. The molecule has 3 aromatic rings. The Morgan fingerprint density at radius 2 is 1.76 bits per heavy atom. The molecule has 7 heteroatoms. The molecule has 0 aliphatic carbocycles. The van der Waals surface area contributed by atoms with Gasteiger partial charge in [-0.3, -0.25) is 4.79 Å². The number of ether oxygens (including phenoxy) is 2. The van der Waals surface area contributed by atoms with Crippen LogP contribution in [0.1, 0.15) is 12.7 Å². The molecule has 0 saturated carbocycles. The summed E-state index contributed by atoms with van der Waals surface area (Å²) in [6.45, 7) is 2.06. The zero-order chi connectivity index (χ0) is 18.0. The Bertz CT molecular complexity index is 946. The van der Waals surface area contributed by atoms with Gasteiger partial charge in [-0.25, -0.2) is 0 Å². The summed E-state index contributed by atoms with van der Waals surface area (Å²) in [5.41, 5.74) is -1.12. The Kier molecular flexibility index (Phi) is 4.39. The third-order valence-electron chi connectivity index (χ3n) is 3.35. The van der Waals surface area contributed by atoms with Gasteiger partial charge in [0.15, 0.2) is 0 Å². The van der Waals surface area contributed by atoms with Crippen molar-refractivity contribution >= 4 is 11.0 Å². The molecule has 0 saturated heterocycles. The molecule has 0 fully saturated rings. The Morgan fingerprint density at radius 3 is 2.40 bits per heavy atom. The molecule has 0 bridgehead atoms. The third-order valence-corrected chi connectivity index (χ3v) is 3.35. The van der Waals surface area contributed by atoms with E-state index in [2.05, 4.69) is 0 Å². The minimum atomic E-state index is -4.89. The van der Waals surface area contributed by atoms with Crippen molar-refractivity contribution in [1.29, 1.82) is 0 Å². The number of benzene rings is 2. The molecule has 0 atom stereocenters. The summed E-state index contributed by atoms with van der Waals surface area (Å²) in [5.74, 6) is -1.97. The summed E-state index contributed by atoms with van der Waals surface area (Å²) >= 11 is 0. The van der Waals surface area contributed by atoms with E-state index in [1.165, 1.54) is 30.3 Å². The van der Waals surface area contributed by atoms with Crippen LogP contribution in [0.2, 0.25) is 0 Å². The molecule has 0 unspecified atom stereocenters. The zero-order valence-corrected chi connectivity index (χ0v) is 13.1. The fourth-order valence-corrected chi connectivity index (χ4v) is 2.30. The summed E-state index contributed by atoms with van der Waals surface area (Å²) in [7, 11) is 0. The second kappa shape index (κ2) is 6.51. The van der Waals surface area contributed by atoms with Crippen LogP contribution in [-0.2, 0) is 6.18 Å². The van der Waals surface area contributed by atoms with Crippen molar-refractivity contribution in [3.8, 4) is 17.2 Å². The number of fused-ring (bicyclic) bond motifs is 1. The fourth-order valence-electron chi connectivity index (χ4n) is 2.30. The first kappa shape index (κ1) is 16.9. The maximum Gasteiger partial charge on any atom is 0.453 e. The number of hydrogen-bond donors (Lipinski definition) is 0. The number of alkyl halides is 3. The summed E-state index contributed by atoms with van der Waals surface area (Å²) in [6, 6.07) is 11.8. The van der Waals surface area contributed by atoms with E-state index in [0.29, 0.717) is 12.4 Å². The van der Waals surface area contributed by atoms with Crippen molar-refractivity contribution < 1.29 is 27.1 Å². The van der Waals surface area contributed by atoms with Gasteiger partial charge in [0.25, 0.3) is 5.76 Å². The van der Waals surface area contributed by atoms with Crippen LogP contribution < -0.4 is 14.9 Å². The van der Waals surface area contributed by atoms with E-state index in [1.54, 1.807) is 25.1 Å². The molecule has 3 rings (SSSR count). The van der Waals surface area contributed by atoms with Crippen molar-refractivity contribution in [3.05, 3.63) is 64.5 Å². The molecular formula is C18H13F3O4. The normalized spacial score (nSPS) is 11.5. The Morgan fingerprint density at radius 1 is 1.04 bits per heavy atom. The van der Waals surface area contributed by atoms with E-state index in [4.69, 9.17) is 13.9 Å². The molecule has 0 aliphatic rings. The van der Waals surface area contributed by atoms with Crippen molar-refractivity contribution in [2.75, 3.05) is 6.61 Å². The summed E-state index contributed by atoms with van der Waals surface area (Å²) in [4.78, 5) is 12.5. The van der Waals surface area contributed by atoms with Crippen molar-refractivity contribution in [2.45, 2.75) is 13.1 Å². The quantitative estimate of drug-likeness (QED) is 0.664. The van der Waals surface area contributed by atoms with E-state index in [9.17, 15) is 18.0 Å². The molecule has 1 aromatic heterocycles. The van der Waals surface area contributed by atoms with Crippen molar-refractivity contribution in [1.82, 2.24) is 0 Å². The molecule has 0 aliphatic heterocycles. The minimum absolute atomic E-state index is 0.0256. The smallest absolute Gasteiger partial charge is 0.453 e. The number of hydrogen-bond acceptors (Lipinski definition) is 4. The molecule has 4 nitrogen and oxygen atoms in total. The highest BCUT2D eigenvalue weighted by Gasteiger charge is 2.40. The maximum atomic E-state index is 13.4. The SMILES string of the molecule is CCOc1ccc2c(=O)c(Oc3ccccc3)c(C(F)(F)F)oc2c1. The zero-order valence-electron chi connectivity index (χ0n) is 13.1. The molecule has 2 aromatic carbocycles. The first-order chi connectivity index (χ1) is 11.9. The molecule has 0 spiro atoms. The van der Waals surface area contributed by atoms with Gasteiger partial charge in [0.05, 0.1) is 12.0 Å². The highest BCUT2D eigenvalue weighted by Crippen LogP contribution is 2.38. The molecule has 0 radical (unpaired) electrons. The van der Waals surface area contributed by atoms with Crippen LogP contribution in [0.5, 0.6) is 17.2 Å². The maximum absolute atomic E-state index is 13.4. The lowest BCUT2D eigenvalue weighted by atomic mass is 10.2. The average molecular weight is 350 g/mol. The lowest BCUT2D eigenvalue weighted by molar-refractivity contribution is -0.154. The highest BCUT2D eigenvalue weighted by atomic mass is 19.4. The lowest BCUT2D eigenvalue weighted by Gasteiger charge is -2.13. The first-order valence-corrected chi connectivity index (χ1v) is 7.44. The topological polar surface area (TPSA) is 48.7 Å². The first-order valence-electron chi connectivity index (χ1n) is 7.44. The van der Waals surface area contributed by atoms with E-state index >= 15 is 0 Å². The van der Waals surface area contributed by atoms with Crippen molar-refractivity contribution in [2.24, 2.45) is 0 Å². The van der Waals surface area contributed by atoms with Gasteiger partial charge in [-0.15, -0.1) is 0 Å². The van der Waals surface area contributed by atoms with Gasteiger partial charge < -0.3 is 13.9 Å². The van der Waals surface area contributed by atoms with Crippen LogP contribution in [0.25, 0.3) is 11.0 Å². The number of rotatable bonds is 4. The molecule has 130 valence electrons. The van der Waals surface area contributed by atoms with Gasteiger partial charge in [0.2, 0.25) is 11.2 Å². The number of para-hydroxylation sites is 1. The summed E-state index contributed by atoms with van der Waals surface area (Å²) < 4.78 is 55.5. The largest absolute Gasteiger partial charge is 0.494 e. The van der Waals surface area contributed by atoms with Crippen molar-refractivity contribution in [3.63, 3.8) is 0 Å². The predicted octanol–water partition coefficient (Wildman–Crippen LogP) is 5.00. The lowest BCUT2D eigenvalue weighted by Crippen LogP contribution is -2.15. The van der Waals surface area contributed by atoms with Crippen LogP contribution in [0, 0.1) is 0 Å². The monoisotopic (exact) mass is 350 g/mol. The van der Waals surface area contributed by atoms with Crippen LogP contribution >= 0.6 is 0 Å². The molecule has 1 heterocycles. The standard InChI is InChI=1S/C18H13F3O4/c1-2-23-12-8-9-13-14(10-12)25-17(18(19,20)21)16(15(13)22)24-11-6-4-3-5-7-11/h3-10H,2H2,1H3. The van der Waals surface area contributed by atoms with Gasteiger partial charge in [-0.2, -0.15) is 13.2 Å². The second-order valence-electron chi connectivity index (χ2n) is 5.09. The van der Waals surface area contributed by atoms with Gasteiger partial charge in [-0.1, -0.05) is 18.2 Å². The predicted molar refractivity (Wildman–Crippen MR) is 85.2 cm³/mol. The molecule has 0 N–H and O–H groups in total.